The number of halogens is 3. The van der Waals surface area contributed by atoms with Crippen LogP contribution in [0.5, 0.6) is 0 Å². The second kappa shape index (κ2) is 5.32. The van der Waals surface area contributed by atoms with Gasteiger partial charge >= 0.3 is 6.18 Å². The minimum atomic E-state index is -4.53. The van der Waals surface area contributed by atoms with Gasteiger partial charge in [-0.2, -0.15) is 13.2 Å². The van der Waals surface area contributed by atoms with E-state index < -0.39 is 23.8 Å². The van der Waals surface area contributed by atoms with Crippen molar-refractivity contribution in [2.24, 2.45) is 0 Å². The average Bonchev–Trinajstić information content (AvgIpc) is 2.83. The standard InChI is InChI=1S/C13H15F3N2O2/c1-17-11-3-2-8(6-10(11)13(14,15)16)12(20)18-5-4-9(19)7-18/h2-3,6,9,17,19H,4-5,7H2,1H3. The van der Waals surface area contributed by atoms with E-state index in [0.29, 0.717) is 13.0 Å². The van der Waals surface area contributed by atoms with Gasteiger partial charge in [-0.1, -0.05) is 0 Å². The van der Waals surface area contributed by atoms with Crippen molar-refractivity contribution >= 4 is 11.6 Å². The molecule has 1 heterocycles. The monoisotopic (exact) mass is 288 g/mol. The summed E-state index contributed by atoms with van der Waals surface area (Å²) < 4.78 is 38.7. The number of nitrogens with one attached hydrogen (secondary N) is 1. The minimum Gasteiger partial charge on any atom is -0.391 e. The summed E-state index contributed by atoms with van der Waals surface area (Å²) in [6.07, 6.45) is -4.68. The number of alkyl halides is 3. The number of likely N-dealkylation sites (tertiary alicyclic amines) is 1. The zero-order valence-electron chi connectivity index (χ0n) is 10.9. The summed E-state index contributed by atoms with van der Waals surface area (Å²) >= 11 is 0. The van der Waals surface area contributed by atoms with Gasteiger partial charge in [0.25, 0.3) is 5.91 Å². The van der Waals surface area contributed by atoms with Gasteiger partial charge in [0, 0.05) is 31.4 Å². The van der Waals surface area contributed by atoms with E-state index in [9.17, 15) is 23.1 Å². The summed E-state index contributed by atoms with van der Waals surface area (Å²) in [7, 11) is 1.39. The van der Waals surface area contributed by atoms with E-state index in [1.54, 1.807) is 0 Å². The average molecular weight is 288 g/mol. The molecule has 1 saturated heterocycles. The van der Waals surface area contributed by atoms with Crippen molar-refractivity contribution in [3.63, 3.8) is 0 Å². The maximum Gasteiger partial charge on any atom is 0.418 e. The van der Waals surface area contributed by atoms with E-state index >= 15 is 0 Å². The molecular formula is C13H15F3N2O2. The number of rotatable bonds is 2. The molecule has 1 aromatic rings. The first-order chi connectivity index (χ1) is 9.32. The summed E-state index contributed by atoms with van der Waals surface area (Å²) in [6, 6.07) is 3.44. The molecule has 4 nitrogen and oxygen atoms in total. The SMILES string of the molecule is CNc1ccc(C(=O)N2CCC(O)C2)cc1C(F)(F)F. The molecule has 1 aliphatic rings. The van der Waals surface area contributed by atoms with Gasteiger partial charge in [0.1, 0.15) is 0 Å². The number of carbonyl (C=O) groups is 1. The normalized spacial score (nSPS) is 19.2. The van der Waals surface area contributed by atoms with Crippen LogP contribution in [0.2, 0.25) is 0 Å². The second-order valence-electron chi connectivity index (χ2n) is 4.70. The van der Waals surface area contributed by atoms with Gasteiger partial charge in [-0.25, -0.2) is 0 Å². The highest BCUT2D eigenvalue weighted by Crippen LogP contribution is 2.35. The lowest BCUT2D eigenvalue weighted by molar-refractivity contribution is -0.137. The molecule has 1 atom stereocenters. The second-order valence-corrected chi connectivity index (χ2v) is 4.70. The first-order valence-corrected chi connectivity index (χ1v) is 6.19. The van der Waals surface area contributed by atoms with E-state index in [1.165, 1.54) is 24.1 Å². The third-order valence-corrected chi connectivity index (χ3v) is 3.29. The number of β-amino-alcohol motifs (C(OH)–C–C–N with tert-alkyl or cyclic N) is 1. The summed E-state index contributed by atoms with van der Waals surface area (Å²) in [5.41, 5.74) is -0.966. The van der Waals surface area contributed by atoms with Crippen LogP contribution in [0, 0.1) is 0 Å². The highest BCUT2D eigenvalue weighted by Gasteiger charge is 2.35. The van der Waals surface area contributed by atoms with E-state index in [2.05, 4.69) is 5.32 Å². The summed E-state index contributed by atoms with van der Waals surface area (Å²) in [5, 5.41) is 11.8. The number of nitrogens with zero attached hydrogens (tertiary/aromatic N) is 1. The molecule has 1 unspecified atom stereocenters. The third-order valence-electron chi connectivity index (χ3n) is 3.29. The zero-order valence-corrected chi connectivity index (χ0v) is 10.9. The number of benzene rings is 1. The summed E-state index contributed by atoms with van der Waals surface area (Å²) in [4.78, 5) is 13.5. The van der Waals surface area contributed by atoms with Crippen molar-refractivity contribution in [3.05, 3.63) is 29.3 Å². The van der Waals surface area contributed by atoms with Crippen LogP contribution in [-0.4, -0.2) is 42.2 Å². The molecule has 1 fully saturated rings. The lowest BCUT2D eigenvalue weighted by atomic mass is 10.1. The van der Waals surface area contributed by atoms with Gasteiger partial charge in [0.05, 0.1) is 11.7 Å². The molecule has 0 bridgehead atoms. The van der Waals surface area contributed by atoms with E-state index in [1.807, 2.05) is 0 Å². The highest BCUT2D eigenvalue weighted by atomic mass is 19.4. The number of hydrogen-bond acceptors (Lipinski definition) is 3. The molecular weight excluding hydrogens is 273 g/mol. The van der Waals surface area contributed by atoms with Crippen LogP contribution in [0.1, 0.15) is 22.3 Å². The van der Waals surface area contributed by atoms with E-state index in [0.717, 1.165) is 6.07 Å². The molecule has 0 saturated carbocycles. The van der Waals surface area contributed by atoms with E-state index in [4.69, 9.17) is 0 Å². The van der Waals surface area contributed by atoms with Crippen molar-refractivity contribution in [3.8, 4) is 0 Å². The van der Waals surface area contributed by atoms with E-state index in [-0.39, 0.29) is 17.8 Å². The minimum absolute atomic E-state index is 0.0228. The zero-order chi connectivity index (χ0) is 14.9. The molecule has 0 radical (unpaired) electrons. The quantitative estimate of drug-likeness (QED) is 0.874. The fourth-order valence-electron chi connectivity index (χ4n) is 2.24. The molecule has 20 heavy (non-hydrogen) atoms. The maximum absolute atomic E-state index is 12.9. The number of hydrogen-bond donors (Lipinski definition) is 2. The Bertz CT molecular complexity index is 517. The Morgan fingerprint density at radius 1 is 1.45 bits per heavy atom. The Kier molecular flexibility index (Phi) is 3.89. The lowest BCUT2D eigenvalue weighted by Crippen LogP contribution is -2.29. The van der Waals surface area contributed by atoms with Gasteiger partial charge in [-0.05, 0) is 24.6 Å². The Hall–Kier alpha value is -1.76. The molecule has 0 aromatic heterocycles. The molecule has 1 amide bonds. The summed E-state index contributed by atoms with van der Waals surface area (Å²) in [5.74, 6) is -0.491. The molecule has 7 heteroatoms. The van der Waals surface area contributed by atoms with Crippen LogP contribution in [0.3, 0.4) is 0 Å². The number of aliphatic hydroxyl groups is 1. The highest BCUT2D eigenvalue weighted by molar-refractivity contribution is 5.95. The first-order valence-electron chi connectivity index (χ1n) is 6.19. The van der Waals surface area contributed by atoms with Crippen LogP contribution >= 0.6 is 0 Å². The van der Waals surface area contributed by atoms with Gasteiger partial charge < -0.3 is 15.3 Å². The van der Waals surface area contributed by atoms with Crippen molar-refractivity contribution < 1.29 is 23.1 Å². The topological polar surface area (TPSA) is 52.6 Å². The predicted molar refractivity (Wildman–Crippen MR) is 67.5 cm³/mol. The molecule has 2 N–H and O–H groups in total. The van der Waals surface area contributed by atoms with Crippen LogP contribution in [0.25, 0.3) is 0 Å². The van der Waals surface area contributed by atoms with Gasteiger partial charge in [0.15, 0.2) is 0 Å². The Morgan fingerprint density at radius 3 is 2.65 bits per heavy atom. The Labute approximate surface area is 114 Å². The number of carbonyl (C=O) groups excluding carboxylic acids is 1. The van der Waals surface area contributed by atoms with Crippen LogP contribution in [0.4, 0.5) is 18.9 Å². The lowest BCUT2D eigenvalue weighted by Gasteiger charge is -2.18. The molecule has 2 rings (SSSR count). The molecule has 0 aliphatic carbocycles. The number of anilines is 1. The van der Waals surface area contributed by atoms with Crippen LogP contribution in [-0.2, 0) is 6.18 Å². The molecule has 1 aliphatic heterocycles. The molecule has 110 valence electrons. The fraction of sp³-hybridized carbons (Fsp3) is 0.462. The maximum atomic E-state index is 12.9. The van der Waals surface area contributed by atoms with Gasteiger partial charge in [-0.15, -0.1) is 0 Å². The smallest absolute Gasteiger partial charge is 0.391 e. The van der Waals surface area contributed by atoms with Crippen molar-refractivity contribution in [1.29, 1.82) is 0 Å². The molecule has 0 spiro atoms. The van der Waals surface area contributed by atoms with Crippen molar-refractivity contribution in [1.82, 2.24) is 4.90 Å². The van der Waals surface area contributed by atoms with Crippen molar-refractivity contribution in [2.75, 3.05) is 25.5 Å². The molecule has 1 aromatic carbocycles. The Morgan fingerprint density at radius 2 is 2.15 bits per heavy atom. The summed E-state index contributed by atoms with van der Waals surface area (Å²) in [6.45, 7) is 0.517. The number of aliphatic hydroxyl groups excluding tert-OH is 1. The predicted octanol–water partition coefficient (Wildman–Crippen LogP) is 1.95. The van der Waals surface area contributed by atoms with Gasteiger partial charge in [0.2, 0.25) is 0 Å². The van der Waals surface area contributed by atoms with Gasteiger partial charge in [-0.3, -0.25) is 4.79 Å². The van der Waals surface area contributed by atoms with Crippen LogP contribution < -0.4 is 5.32 Å². The third kappa shape index (κ3) is 2.87. The van der Waals surface area contributed by atoms with Crippen LogP contribution in [0.15, 0.2) is 18.2 Å². The number of amides is 1. The first kappa shape index (κ1) is 14.6. The fourth-order valence-corrected chi connectivity index (χ4v) is 2.24. The van der Waals surface area contributed by atoms with Crippen molar-refractivity contribution in [2.45, 2.75) is 18.7 Å². The Balaban J connectivity index is 2.31. The largest absolute Gasteiger partial charge is 0.418 e.